The fraction of sp³-hybridized carbons (Fsp3) is 0.385. The van der Waals surface area contributed by atoms with Crippen molar-refractivity contribution >= 4 is 10.9 Å². The topological polar surface area (TPSA) is 55.1 Å². The number of nitrogens with zero attached hydrogens (tertiary/aromatic N) is 2. The molecule has 2 atom stereocenters. The van der Waals surface area contributed by atoms with E-state index in [4.69, 9.17) is 9.47 Å². The van der Waals surface area contributed by atoms with E-state index in [-0.39, 0.29) is 0 Å². The molecule has 0 saturated carbocycles. The van der Waals surface area contributed by atoms with Crippen LogP contribution < -0.4 is 9.47 Å². The molecule has 1 heterocycles. The summed E-state index contributed by atoms with van der Waals surface area (Å²) in [4.78, 5) is 4.41. The van der Waals surface area contributed by atoms with E-state index in [1.54, 1.807) is 25.4 Å². The molecule has 4 nitrogen and oxygen atoms in total. The van der Waals surface area contributed by atoms with E-state index in [1.165, 1.54) is 11.1 Å². The Labute approximate surface area is 179 Å². The summed E-state index contributed by atoms with van der Waals surface area (Å²) >= 11 is 0. The van der Waals surface area contributed by atoms with Gasteiger partial charge in [0.25, 0.3) is 0 Å². The molecule has 0 saturated heterocycles. The number of fused-ring (bicyclic) bond motifs is 1. The third kappa shape index (κ3) is 4.57. The predicted molar refractivity (Wildman–Crippen MR) is 121 cm³/mol. The third-order valence-corrected chi connectivity index (χ3v) is 6.02. The Morgan fingerprint density at radius 3 is 2.47 bits per heavy atom. The summed E-state index contributed by atoms with van der Waals surface area (Å²) in [5.74, 6) is 3.77. The normalized spacial score (nSPS) is 13.1. The Kier molecular flexibility index (Phi) is 6.62. The molecule has 0 aliphatic rings. The molecule has 0 spiro atoms. The van der Waals surface area contributed by atoms with Gasteiger partial charge in [0, 0.05) is 17.6 Å². The molecule has 2 unspecified atom stereocenters. The maximum absolute atomic E-state index is 9.44. The number of aryl methyl sites for hydroxylation is 1. The van der Waals surface area contributed by atoms with Crippen molar-refractivity contribution in [1.82, 2.24) is 4.98 Å². The second-order valence-electron chi connectivity index (χ2n) is 8.47. The Bertz CT molecular complexity index is 1080. The number of pyridine rings is 1. The minimum absolute atomic E-state index is 0.453. The van der Waals surface area contributed by atoms with Crippen LogP contribution in [0.15, 0.2) is 42.6 Å². The molecule has 30 heavy (non-hydrogen) atoms. The van der Waals surface area contributed by atoms with Gasteiger partial charge in [-0.25, -0.2) is 0 Å². The van der Waals surface area contributed by atoms with Crippen molar-refractivity contribution in [2.75, 3.05) is 7.11 Å². The average Bonchev–Trinajstić information content (AvgIpc) is 2.74. The van der Waals surface area contributed by atoms with Crippen molar-refractivity contribution in [2.45, 2.75) is 47.0 Å². The number of hydrogen-bond donors (Lipinski definition) is 0. The fourth-order valence-electron chi connectivity index (χ4n) is 3.79. The van der Waals surface area contributed by atoms with Crippen LogP contribution in [0.3, 0.4) is 0 Å². The van der Waals surface area contributed by atoms with Crippen LogP contribution in [-0.4, -0.2) is 12.1 Å². The molecule has 156 valence electrons. The zero-order chi connectivity index (χ0) is 21.8. The minimum Gasteiger partial charge on any atom is -0.495 e. The summed E-state index contributed by atoms with van der Waals surface area (Å²) in [6.45, 7) is 11.3. The van der Waals surface area contributed by atoms with E-state index in [0.29, 0.717) is 34.8 Å². The zero-order valence-electron chi connectivity index (χ0n) is 18.7. The summed E-state index contributed by atoms with van der Waals surface area (Å²) < 4.78 is 11.6. The molecule has 1 aromatic heterocycles. The highest BCUT2D eigenvalue weighted by atomic mass is 16.5. The SMILES string of the molecule is COc1cc2nccc(Oc3ccc(C)c(C(C)CC(C)C(C)C)c3)c2cc1C#N. The van der Waals surface area contributed by atoms with Crippen LogP contribution in [0, 0.1) is 30.1 Å². The lowest BCUT2D eigenvalue weighted by molar-refractivity contribution is 0.368. The second-order valence-corrected chi connectivity index (χ2v) is 8.47. The van der Waals surface area contributed by atoms with Crippen LogP contribution in [0.5, 0.6) is 17.2 Å². The molecular formula is C26H30N2O2. The standard InChI is InChI=1S/C26H30N2O2/c1-16(2)18(4)11-19(5)22-13-21(8-7-17(22)3)30-25-9-10-28-24-14-26(29-6)20(15-27)12-23(24)25/h7-10,12-14,16,18-19H,11H2,1-6H3. The first-order valence-corrected chi connectivity index (χ1v) is 10.5. The first-order chi connectivity index (χ1) is 14.3. The largest absolute Gasteiger partial charge is 0.495 e. The number of aromatic nitrogens is 1. The van der Waals surface area contributed by atoms with Crippen LogP contribution >= 0.6 is 0 Å². The van der Waals surface area contributed by atoms with Crippen LogP contribution in [0.25, 0.3) is 10.9 Å². The van der Waals surface area contributed by atoms with Gasteiger partial charge in [0.15, 0.2) is 0 Å². The van der Waals surface area contributed by atoms with Gasteiger partial charge < -0.3 is 9.47 Å². The Balaban J connectivity index is 1.95. The highest BCUT2D eigenvalue weighted by Crippen LogP contribution is 2.36. The predicted octanol–water partition coefficient (Wildman–Crippen LogP) is 7.00. The molecule has 2 aromatic carbocycles. The van der Waals surface area contributed by atoms with Crippen LogP contribution in [0.1, 0.15) is 56.7 Å². The lowest BCUT2D eigenvalue weighted by atomic mass is 9.84. The van der Waals surface area contributed by atoms with E-state index >= 15 is 0 Å². The van der Waals surface area contributed by atoms with Crippen molar-refractivity contribution in [2.24, 2.45) is 11.8 Å². The van der Waals surface area contributed by atoms with Gasteiger partial charge in [0.05, 0.1) is 18.2 Å². The van der Waals surface area contributed by atoms with Gasteiger partial charge in [-0.05, 0) is 66.5 Å². The molecule has 0 aliphatic carbocycles. The van der Waals surface area contributed by atoms with Gasteiger partial charge in [0.2, 0.25) is 0 Å². The lowest BCUT2D eigenvalue weighted by Crippen LogP contribution is -2.09. The fourth-order valence-corrected chi connectivity index (χ4v) is 3.79. The van der Waals surface area contributed by atoms with Crippen molar-refractivity contribution in [3.63, 3.8) is 0 Å². The summed E-state index contributed by atoms with van der Waals surface area (Å²) in [6.07, 6.45) is 2.86. The molecule has 3 rings (SSSR count). The van der Waals surface area contributed by atoms with E-state index in [1.807, 2.05) is 12.1 Å². The maximum atomic E-state index is 9.44. The quantitative estimate of drug-likeness (QED) is 0.427. The average molecular weight is 403 g/mol. The molecule has 0 bridgehead atoms. The molecule has 0 radical (unpaired) electrons. The smallest absolute Gasteiger partial charge is 0.138 e. The van der Waals surface area contributed by atoms with Crippen LogP contribution in [0.2, 0.25) is 0 Å². The Hall–Kier alpha value is -3.06. The maximum Gasteiger partial charge on any atom is 0.138 e. The summed E-state index contributed by atoms with van der Waals surface area (Å²) in [5.41, 5.74) is 3.79. The first kappa shape index (κ1) is 21.6. The molecule has 0 N–H and O–H groups in total. The molecule has 0 fully saturated rings. The van der Waals surface area contributed by atoms with Gasteiger partial charge in [-0.1, -0.05) is 33.8 Å². The minimum atomic E-state index is 0.453. The number of hydrogen-bond acceptors (Lipinski definition) is 4. The second kappa shape index (κ2) is 9.17. The summed E-state index contributed by atoms with van der Waals surface area (Å²) in [6, 6.07) is 13.8. The Morgan fingerprint density at radius 1 is 1.03 bits per heavy atom. The number of methoxy groups -OCH3 is 1. The van der Waals surface area contributed by atoms with E-state index in [0.717, 1.165) is 23.1 Å². The zero-order valence-corrected chi connectivity index (χ0v) is 18.7. The number of benzene rings is 2. The Morgan fingerprint density at radius 2 is 1.80 bits per heavy atom. The third-order valence-electron chi connectivity index (χ3n) is 6.02. The summed E-state index contributed by atoms with van der Waals surface area (Å²) in [7, 11) is 1.55. The van der Waals surface area contributed by atoms with Crippen LogP contribution in [0.4, 0.5) is 0 Å². The van der Waals surface area contributed by atoms with Crippen molar-refractivity contribution in [3.8, 4) is 23.3 Å². The summed E-state index contributed by atoms with van der Waals surface area (Å²) in [5, 5.41) is 10.2. The van der Waals surface area contributed by atoms with Gasteiger partial charge in [-0.3, -0.25) is 4.98 Å². The number of rotatable bonds is 7. The molecule has 3 aromatic rings. The number of ether oxygens (including phenoxy) is 2. The first-order valence-electron chi connectivity index (χ1n) is 10.5. The monoisotopic (exact) mass is 402 g/mol. The van der Waals surface area contributed by atoms with Gasteiger partial charge in [0.1, 0.15) is 23.3 Å². The van der Waals surface area contributed by atoms with Gasteiger partial charge in [-0.2, -0.15) is 5.26 Å². The van der Waals surface area contributed by atoms with Crippen molar-refractivity contribution < 1.29 is 9.47 Å². The van der Waals surface area contributed by atoms with Crippen molar-refractivity contribution in [3.05, 3.63) is 59.3 Å². The van der Waals surface area contributed by atoms with Gasteiger partial charge >= 0.3 is 0 Å². The lowest BCUT2D eigenvalue weighted by Gasteiger charge is -2.22. The highest BCUT2D eigenvalue weighted by molar-refractivity contribution is 5.88. The van der Waals surface area contributed by atoms with E-state index < -0.39 is 0 Å². The molecular weight excluding hydrogens is 372 g/mol. The molecule has 0 amide bonds. The molecule has 0 aliphatic heterocycles. The molecule has 4 heteroatoms. The van der Waals surface area contributed by atoms with Crippen molar-refractivity contribution in [1.29, 1.82) is 5.26 Å². The number of nitriles is 1. The van der Waals surface area contributed by atoms with E-state index in [2.05, 4.69) is 57.8 Å². The van der Waals surface area contributed by atoms with E-state index in [9.17, 15) is 5.26 Å². The van der Waals surface area contributed by atoms with Crippen LogP contribution in [-0.2, 0) is 0 Å². The highest BCUT2D eigenvalue weighted by Gasteiger charge is 2.17. The van der Waals surface area contributed by atoms with Gasteiger partial charge in [-0.15, -0.1) is 0 Å².